The Balaban J connectivity index is 2.86. The van der Waals surface area contributed by atoms with Crippen LogP contribution in [-0.2, 0) is 0 Å². The molecule has 2 aromatic rings. The largest absolute Gasteiger partial charge is 0.494 e. The first-order chi connectivity index (χ1) is 6.72. The van der Waals surface area contributed by atoms with Crippen molar-refractivity contribution in [1.82, 2.24) is 9.97 Å². The van der Waals surface area contributed by atoms with Gasteiger partial charge >= 0.3 is 0 Å². The van der Waals surface area contributed by atoms with Gasteiger partial charge in [-0.15, -0.1) is 0 Å². The van der Waals surface area contributed by atoms with Crippen LogP contribution >= 0.6 is 15.9 Å². The molecule has 0 aliphatic heterocycles. The first-order valence-electron chi connectivity index (χ1n) is 3.98. The molecule has 0 radical (unpaired) electrons. The molecule has 0 saturated heterocycles. The van der Waals surface area contributed by atoms with Gasteiger partial charge in [-0.3, -0.25) is 0 Å². The Morgan fingerprint density at radius 3 is 2.86 bits per heavy atom. The van der Waals surface area contributed by atoms with Crippen LogP contribution in [0.4, 0.5) is 5.95 Å². The number of hydrogen-bond donors (Lipinski definition) is 1. The lowest BCUT2D eigenvalue weighted by molar-refractivity contribution is 0.419. The molecule has 14 heavy (non-hydrogen) atoms. The molecule has 0 atom stereocenters. The molecule has 0 aliphatic rings. The van der Waals surface area contributed by atoms with Crippen LogP contribution in [0.5, 0.6) is 5.75 Å². The maximum absolute atomic E-state index is 5.54. The molecule has 0 saturated carbocycles. The highest BCUT2D eigenvalue weighted by Crippen LogP contribution is 2.28. The zero-order valence-electron chi connectivity index (χ0n) is 7.49. The van der Waals surface area contributed by atoms with Gasteiger partial charge in [0.05, 0.1) is 7.11 Å². The molecule has 0 amide bonds. The van der Waals surface area contributed by atoms with Crippen molar-refractivity contribution >= 4 is 32.8 Å². The summed E-state index contributed by atoms with van der Waals surface area (Å²) in [5.41, 5.74) is 6.26. The normalized spacial score (nSPS) is 10.4. The van der Waals surface area contributed by atoms with Crippen molar-refractivity contribution in [3.8, 4) is 5.75 Å². The maximum atomic E-state index is 5.54. The standard InChI is InChI=1S/C9H8BrN3O/c1-14-6-4-2-3-5-7(6)12-9(11)13-8(5)10/h2-4H,1H3,(H2,11,12,13). The fraction of sp³-hybridized carbons (Fsp3) is 0.111. The van der Waals surface area contributed by atoms with Gasteiger partial charge in [-0.05, 0) is 28.1 Å². The van der Waals surface area contributed by atoms with Gasteiger partial charge in [0.15, 0.2) is 0 Å². The van der Waals surface area contributed by atoms with Crippen LogP contribution in [0.1, 0.15) is 0 Å². The minimum atomic E-state index is 0.230. The average Bonchev–Trinajstić information content (AvgIpc) is 2.17. The fourth-order valence-corrected chi connectivity index (χ4v) is 1.77. The van der Waals surface area contributed by atoms with Gasteiger partial charge in [0.1, 0.15) is 15.9 Å². The van der Waals surface area contributed by atoms with E-state index < -0.39 is 0 Å². The Morgan fingerprint density at radius 1 is 1.36 bits per heavy atom. The number of ether oxygens (including phenoxy) is 1. The summed E-state index contributed by atoms with van der Waals surface area (Å²) >= 11 is 3.32. The summed E-state index contributed by atoms with van der Waals surface area (Å²) < 4.78 is 5.85. The molecule has 0 bridgehead atoms. The van der Waals surface area contributed by atoms with Gasteiger partial charge in [-0.25, -0.2) is 9.97 Å². The number of rotatable bonds is 1. The third-order valence-corrected chi connectivity index (χ3v) is 2.48. The van der Waals surface area contributed by atoms with Gasteiger partial charge in [0, 0.05) is 5.39 Å². The van der Waals surface area contributed by atoms with E-state index >= 15 is 0 Å². The van der Waals surface area contributed by atoms with Gasteiger partial charge in [-0.1, -0.05) is 6.07 Å². The van der Waals surface area contributed by atoms with Crippen LogP contribution in [0.15, 0.2) is 22.8 Å². The van der Waals surface area contributed by atoms with Crippen molar-refractivity contribution in [1.29, 1.82) is 0 Å². The molecule has 0 aliphatic carbocycles. The zero-order chi connectivity index (χ0) is 10.1. The molecule has 72 valence electrons. The minimum absolute atomic E-state index is 0.230. The molecule has 0 spiro atoms. The number of aromatic nitrogens is 2. The first-order valence-corrected chi connectivity index (χ1v) is 4.77. The van der Waals surface area contributed by atoms with E-state index in [1.807, 2.05) is 18.2 Å². The Morgan fingerprint density at radius 2 is 2.14 bits per heavy atom. The molecular weight excluding hydrogens is 246 g/mol. The number of para-hydroxylation sites is 1. The number of nitrogens with two attached hydrogens (primary N) is 1. The summed E-state index contributed by atoms with van der Waals surface area (Å²) in [4.78, 5) is 8.12. The van der Waals surface area contributed by atoms with E-state index in [2.05, 4.69) is 25.9 Å². The van der Waals surface area contributed by atoms with Crippen molar-refractivity contribution in [2.75, 3.05) is 12.8 Å². The first kappa shape index (κ1) is 9.21. The lowest BCUT2D eigenvalue weighted by Crippen LogP contribution is -1.97. The number of nitrogens with zero attached hydrogens (tertiary/aromatic N) is 2. The molecular formula is C9H8BrN3O. The highest BCUT2D eigenvalue weighted by atomic mass is 79.9. The quantitative estimate of drug-likeness (QED) is 0.790. The Bertz CT molecular complexity index is 487. The van der Waals surface area contributed by atoms with Crippen LogP contribution in [-0.4, -0.2) is 17.1 Å². The number of anilines is 1. The van der Waals surface area contributed by atoms with Crippen LogP contribution in [0.3, 0.4) is 0 Å². The lowest BCUT2D eigenvalue weighted by Gasteiger charge is -2.05. The molecule has 0 unspecified atom stereocenters. The monoisotopic (exact) mass is 253 g/mol. The zero-order valence-corrected chi connectivity index (χ0v) is 9.08. The molecule has 0 fully saturated rings. The van der Waals surface area contributed by atoms with Crippen molar-refractivity contribution in [2.45, 2.75) is 0 Å². The summed E-state index contributed by atoms with van der Waals surface area (Å²) in [7, 11) is 1.60. The second-order valence-corrected chi connectivity index (χ2v) is 3.48. The summed E-state index contributed by atoms with van der Waals surface area (Å²) in [6.07, 6.45) is 0. The van der Waals surface area contributed by atoms with Gasteiger partial charge in [-0.2, -0.15) is 0 Å². The minimum Gasteiger partial charge on any atom is -0.494 e. The number of methoxy groups -OCH3 is 1. The Hall–Kier alpha value is -1.36. The molecule has 2 N–H and O–H groups in total. The number of benzene rings is 1. The van der Waals surface area contributed by atoms with Gasteiger partial charge in [0.25, 0.3) is 0 Å². The van der Waals surface area contributed by atoms with E-state index in [1.165, 1.54) is 0 Å². The Labute approximate surface area is 89.2 Å². The van der Waals surface area contributed by atoms with E-state index in [4.69, 9.17) is 10.5 Å². The summed E-state index contributed by atoms with van der Waals surface area (Å²) in [5, 5.41) is 0.888. The van der Waals surface area contributed by atoms with Gasteiger partial charge in [0.2, 0.25) is 5.95 Å². The van der Waals surface area contributed by atoms with Crippen molar-refractivity contribution in [3.05, 3.63) is 22.8 Å². The molecule has 4 nitrogen and oxygen atoms in total. The number of halogens is 1. The molecule has 5 heteroatoms. The predicted molar refractivity (Wildman–Crippen MR) is 58.2 cm³/mol. The highest BCUT2D eigenvalue weighted by Gasteiger charge is 2.07. The lowest BCUT2D eigenvalue weighted by atomic mass is 10.2. The molecule has 2 rings (SSSR count). The number of fused-ring (bicyclic) bond motifs is 1. The van der Waals surface area contributed by atoms with Crippen LogP contribution in [0, 0.1) is 0 Å². The topological polar surface area (TPSA) is 61.0 Å². The highest BCUT2D eigenvalue weighted by molar-refractivity contribution is 9.10. The van der Waals surface area contributed by atoms with E-state index in [0.29, 0.717) is 10.4 Å². The van der Waals surface area contributed by atoms with E-state index in [9.17, 15) is 0 Å². The van der Waals surface area contributed by atoms with Crippen LogP contribution in [0.2, 0.25) is 0 Å². The predicted octanol–water partition coefficient (Wildman–Crippen LogP) is 1.98. The number of nitrogen functional groups attached to an aromatic ring is 1. The molecule has 1 aromatic heterocycles. The second kappa shape index (κ2) is 3.42. The van der Waals surface area contributed by atoms with Crippen LogP contribution in [0.25, 0.3) is 10.9 Å². The molecule has 1 heterocycles. The average molecular weight is 254 g/mol. The third kappa shape index (κ3) is 1.39. The SMILES string of the molecule is COc1cccc2c(Br)nc(N)nc12. The summed E-state index contributed by atoms with van der Waals surface area (Å²) in [6, 6.07) is 5.62. The van der Waals surface area contributed by atoms with Gasteiger partial charge < -0.3 is 10.5 Å². The second-order valence-electron chi connectivity index (χ2n) is 2.73. The van der Waals surface area contributed by atoms with Crippen LogP contribution < -0.4 is 10.5 Å². The number of hydrogen-bond acceptors (Lipinski definition) is 4. The third-order valence-electron chi connectivity index (χ3n) is 1.88. The van der Waals surface area contributed by atoms with E-state index in [0.717, 1.165) is 10.9 Å². The van der Waals surface area contributed by atoms with Crippen molar-refractivity contribution in [2.24, 2.45) is 0 Å². The van der Waals surface area contributed by atoms with E-state index in [1.54, 1.807) is 7.11 Å². The smallest absolute Gasteiger partial charge is 0.221 e. The maximum Gasteiger partial charge on any atom is 0.221 e. The Kier molecular flexibility index (Phi) is 2.25. The summed E-state index contributed by atoms with van der Waals surface area (Å²) in [6.45, 7) is 0. The summed E-state index contributed by atoms with van der Waals surface area (Å²) in [5.74, 6) is 0.922. The van der Waals surface area contributed by atoms with E-state index in [-0.39, 0.29) is 5.95 Å². The fourth-order valence-electron chi connectivity index (χ4n) is 1.27. The van der Waals surface area contributed by atoms with Crippen molar-refractivity contribution < 1.29 is 4.74 Å². The molecule has 1 aromatic carbocycles. The van der Waals surface area contributed by atoms with Crippen molar-refractivity contribution in [3.63, 3.8) is 0 Å².